The smallest absolute Gasteiger partial charge is 0.261 e. The van der Waals surface area contributed by atoms with Crippen LogP contribution in [0.5, 0.6) is 11.5 Å². The Morgan fingerprint density at radius 2 is 1.71 bits per heavy atom. The van der Waals surface area contributed by atoms with E-state index in [1.807, 2.05) is 24.3 Å². The number of hydrogen-bond acceptors (Lipinski definition) is 3. The van der Waals surface area contributed by atoms with Crippen molar-refractivity contribution < 1.29 is 13.2 Å². The first kappa shape index (κ1) is 15.9. The highest BCUT2D eigenvalue weighted by Crippen LogP contribution is 2.28. The molecule has 0 heterocycles. The Bertz CT molecular complexity index is 752. The summed E-state index contributed by atoms with van der Waals surface area (Å²) in [7, 11) is 1.64. The summed E-state index contributed by atoms with van der Waals surface area (Å²) in [6, 6.07) is 12.6. The van der Waals surface area contributed by atoms with Crippen LogP contribution in [0.25, 0.3) is 0 Å². The first-order valence-electron chi connectivity index (χ1n) is 6.60. The Balaban J connectivity index is 2.29. The van der Waals surface area contributed by atoms with Crippen LogP contribution in [0.2, 0.25) is 0 Å². The monoisotopic (exact) mass is 324 g/mol. The van der Waals surface area contributed by atoms with Crippen LogP contribution < -0.4 is 4.74 Å². The molecule has 0 unspecified atom stereocenters. The fourth-order valence-corrected chi connectivity index (χ4v) is 3.23. The molecule has 0 N–H and O–H groups in total. The molecule has 2 aromatic rings. The van der Waals surface area contributed by atoms with Crippen LogP contribution in [-0.2, 0) is 9.05 Å². The van der Waals surface area contributed by atoms with Crippen molar-refractivity contribution in [2.24, 2.45) is 0 Å². The van der Waals surface area contributed by atoms with E-state index >= 15 is 0 Å². The van der Waals surface area contributed by atoms with Crippen molar-refractivity contribution in [3.8, 4) is 11.5 Å². The molecule has 0 saturated carbocycles. The van der Waals surface area contributed by atoms with Crippen LogP contribution in [0.4, 0.5) is 0 Å². The minimum absolute atomic E-state index is 0.104. The van der Waals surface area contributed by atoms with Crippen molar-refractivity contribution in [1.82, 2.24) is 0 Å². The zero-order valence-electron chi connectivity index (χ0n) is 12.1. The molecule has 2 aromatic carbocycles. The highest BCUT2D eigenvalue weighted by atomic mass is 35.7. The van der Waals surface area contributed by atoms with Gasteiger partial charge in [0, 0.05) is 10.7 Å². The number of halogens is 1. The van der Waals surface area contributed by atoms with E-state index in [4.69, 9.17) is 15.4 Å². The van der Waals surface area contributed by atoms with Gasteiger partial charge in [-0.2, -0.15) is 0 Å². The van der Waals surface area contributed by atoms with E-state index in [2.05, 4.69) is 13.8 Å². The van der Waals surface area contributed by atoms with Crippen molar-refractivity contribution in [2.75, 3.05) is 0 Å². The summed E-state index contributed by atoms with van der Waals surface area (Å²) in [6.45, 7) is 5.92. The van der Waals surface area contributed by atoms with Gasteiger partial charge in [-0.1, -0.05) is 26.0 Å². The van der Waals surface area contributed by atoms with Gasteiger partial charge in [0.1, 0.15) is 11.5 Å². The Hall–Kier alpha value is -1.52. The molecule has 3 nitrogen and oxygen atoms in total. The second-order valence-electron chi connectivity index (χ2n) is 5.19. The maximum absolute atomic E-state index is 11.4. The molecule has 0 aliphatic heterocycles. The topological polar surface area (TPSA) is 43.4 Å². The minimum atomic E-state index is -3.72. The minimum Gasteiger partial charge on any atom is -0.457 e. The number of hydrogen-bond donors (Lipinski definition) is 0. The molecule has 0 amide bonds. The molecule has 0 radical (unpaired) electrons. The molecule has 0 aliphatic carbocycles. The van der Waals surface area contributed by atoms with Gasteiger partial charge in [-0.25, -0.2) is 8.42 Å². The molecular weight excluding hydrogens is 308 g/mol. The lowest BCUT2D eigenvalue weighted by Crippen LogP contribution is -1.95. The number of rotatable bonds is 4. The molecular formula is C16H17ClO3S. The fraction of sp³-hybridized carbons (Fsp3) is 0.250. The molecule has 0 spiro atoms. The summed E-state index contributed by atoms with van der Waals surface area (Å²) in [5.41, 5.74) is 1.74. The van der Waals surface area contributed by atoms with Crippen LogP contribution in [0.3, 0.4) is 0 Å². The van der Waals surface area contributed by atoms with Crippen LogP contribution in [0.15, 0.2) is 47.4 Å². The summed E-state index contributed by atoms with van der Waals surface area (Å²) in [5, 5.41) is 0. The molecule has 5 heteroatoms. The van der Waals surface area contributed by atoms with Gasteiger partial charge >= 0.3 is 0 Å². The molecule has 0 aliphatic rings. The number of aryl methyl sites for hydroxylation is 1. The number of ether oxygens (including phenoxy) is 1. The van der Waals surface area contributed by atoms with E-state index in [-0.39, 0.29) is 4.90 Å². The zero-order chi connectivity index (χ0) is 15.6. The van der Waals surface area contributed by atoms with E-state index in [0.717, 1.165) is 5.75 Å². The average molecular weight is 325 g/mol. The molecule has 0 fully saturated rings. The highest BCUT2D eigenvalue weighted by molar-refractivity contribution is 8.13. The predicted molar refractivity (Wildman–Crippen MR) is 84.8 cm³/mol. The molecule has 0 bridgehead atoms. The normalized spacial score (nSPS) is 11.7. The standard InChI is InChI=1S/C16H17ClO3S/c1-11(2)13-5-4-6-14(10-13)20-15-7-8-16(12(3)9-15)21(17,18)19/h4-11H,1-3H3. The van der Waals surface area contributed by atoms with Crippen molar-refractivity contribution in [2.45, 2.75) is 31.6 Å². The summed E-state index contributed by atoms with van der Waals surface area (Å²) in [6.07, 6.45) is 0. The Morgan fingerprint density at radius 3 is 2.29 bits per heavy atom. The van der Waals surface area contributed by atoms with E-state index in [1.54, 1.807) is 19.1 Å². The Morgan fingerprint density at radius 1 is 1.05 bits per heavy atom. The van der Waals surface area contributed by atoms with Crippen molar-refractivity contribution in [3.63, 3.8) is 0 Å². The van der Waals surface area contributed by atoms with Gasteiger partial charge in [0.25, 0.3) is 9.05 Å². The van der Waals surface area contributed by atoms with Crippen LogP contribution in [0, 0.1) is 6.92 Å². The maximum Gasteiger partial charge on any atom is 0.261 e. The molecule has 112 valence electrons. The van der Waals surface area contributed by atoms with Gasteiger partial charge in [0.05, 0.1) is 4.90 Å². The third kappa shape index (κ3) is 3.99. The van der Waals surface area contributed by atoms with E-state index < -0.39 is 9.05 Å². The highest BCUT2D eigenvalue weighted by Gasteiger charge is 2.14. The fourth-order valence-electron chi connectivity index (χ4n) is 2.03. The second-order valence-corrected chi connectivity index (χ2v) is 7.73. The third-order valence-electron chi connectivity index (χ3n) is 3.17. The lowest BCUT2D eigenvalue weighted by molar-refractivity contribution is 0.480. The van der Waals surface area contributed by atoms with Gasteiger partial charge in [-0.3, -0.25) is 0 Å². The van der Waals surface area contributed by atoms with Crippen molar-refractivity contribution >= 4 is 19.7 Å². The predicted octanol–water partition coefficient (Wildman–Crippen LogP) is 4.84. The lowest BCUT2D eigenvalue weighted by atomic mass is 10.0. The van der Waals surface area contributed by atoms with Crippen molar-refractivity contribution in [1.29, 1.82) is 0 Å². The summed E-state index contributed by atoms with van der Waals surface area (Å²) in [4.78, 5) is 0.104. The lowest BCUT2D eigenvalue weighted by Gasteiger charge is -2.11. The SMILES string of the molecule is Cc1cc(Oc2cccc(C(C)C)c2)ccc1S(=O)(=O)Cl. The zero-order valence-corrected chi connectivity index (χ0v) is 13.7. The second kappa shape index (κ2) is 6.08. The summed E-state index contributed by atoms with van der Waals surface area (Å²) >= 11 is 0. The van der Waals surface area contributed by atoms with Gasteiger partial charge in [0.2, 0.25) is 0 Å². The molecule has 0 atom stereocenters. The average Bonchev–Trinajstić information content (AvgIpc) is 2.37. The first-order valence-corrected chi connectivity index (χ1v) is 8.91. The third-order valence-corrected chi connectivity index (χ3v) is 4.65. The van der Waals surface area contributed by atoms with Crippen LogP contribution in [-0.4, -0.2) is 8.42 Å². The van der Waals surface area contributed by atoms with Gasteiger partial charge in [-0.15, -0.1) is 0 Å². The maximum atomic E-state index is 11.4. The summed E-state index contributed by atoms with van der Waals surface area (Å²) in [5.74, 6) is 1.72. The van der Waals surface area contributed by atoms with E-state index in [1.165, 1.54) is 11.6 Å². The number of benzene rings is 2. The van der Waals surface area contributed by atoms with Gasteiger partial charge in [-0.05, 0) is 54.3 Å². The Kier molecular flexibility index (Phi) is 4.59. The quantitative estimate of drug-likeness (QED) is 0.756. The van der Waals surface area contributed by atoms with Gasteiger partial charge < -0.3 is 4.74 Å². The van der Waals surface area contributed by atoms with E-state index in [0.29, 0.717) is 17.2 Å². The molecule has 21 heavy (non-hydrogen) atoms. The molecule has 0 aromatic heterocycles. The largest absolute Gasteiger partial charge is 0.457 e. The van der Waals surface area contributed by atoms with E-state index in [9.17, 15) is 8.42 Å². The van der Waals surface area contributed by atoms with Gasteiger partial charge in [0.15, 0.2) is 0 Å². The molecule has 2 rings (SSSR count). The van der Waals surface area contributed by atoms with Crippen molar-refractivity contribution in [3.05, 3.63) is 53.6 Å². The Labute approximate surface area is 129 Å². The van der Waals surface area contributed by atoms with Crippen LogP contribution >= 0.6 is 10.7 Å². The summed E-state index contributed by atoms with van der Waals surface area (Å²) < 4.78 is 28.5. The van der Waals surface area contributed by atoms with Crippen LogP contribution in [0.1, 0.15) is 30.9 Å². The molecule has 0 saturated heterocycles. The first-order chi connectivity index (χ1) is 9.77.